The van der Waals surface area contributed by atoms with E-state index in [0.717, 1.165) is 5.56 Å². The van der Waals surface area contributed by atoms with Crippen molar-refractivity contribution >= 4 is 17.6 Å². The van der Waals surface area contributed by atoms with E-state index in [0.29, 0.717) is 22.7 Å². The molecule has 132 valence electrons. The zero-order chi connectivity index (χ0) is 18.4. The van der Waals surface area contributed by atoms with E-state index in [4.69, 9.17) is 14.6 Å². The topological polar surface area (TPSA) is 84.9 Å². The lowest BCUT2D eigenvalue weighted by molar-refractivity contribution is -0.138. The van der Waals surface area contributed by atoms with Crippen LogP contribution in [-0.2, 0) is 16.0 Å². The van der Waals surface area contributed by atoms with Gasteiger partial charge in [-0.2, -0.15) is 0 Å². The standard InChI is InChI=1S/C19H21NO5/c1-12(19(22)23)13-4-6-15(7-5-13)20-18(21)11-14-10-16(24-2)8-9-17(14)25-3/h4-10,12H,11H2,1-3H3,(H,20,21)(H,22,23). The number of carbonyl (C=O) groups is 2. The Labute approximate surface area is 146 Å². The molecule has 2 aromatic carbocycles. The minimum Gasteiger partial charge on any atom is -0.497 e. The minimum atomic E-state index is -0.887. The monoisotopic (exact) mass is 343 g/mol. The highest BCUT2D eigenvalue weighted by atomic mass is 16.5. The third kappa shape index (κ3) is 4.73. The Kier molecular flexibility index (Phi) is 6.00. The SMILES string of the molecule is COc1ccc(OC)c(CC(=O)Nc2ccc(C(C)C(=O)O)cc2)c1. The summed E-state index contributed by atoms with van der Waals surface area (Å²) in [7, 11) is 3.11. The van der Waals surface area contributed by atoms with E-state index >= 15 is 0 Å². The molecule has 0 aliphatic carbocycles. The van der Waals surface area contributed by atoms with Crippen molar-refractivity contribution in [1.29, 1.82) is 0 Å². The van der Waals surface area contributed by atoms with Crippen molar-refractivity contribution in [3.63, 3.8) is 0 Å². The second-order valence-electron chi connectivity index (χ2n) is 5.58. The van der Waals surface area contributed by atoms with Crippen molar-refractivity contribution in [3.05, 3.63) is 53.6 Å². The quantitative estimate of drug-likeness (QED) is 0.807. The van der Waals surface area contributed by atoms with E-state index in [1.165, 1.54) is 0 Å². The van der Waals surface area contributed by atoms with Gasteiger partial charge in [0, 0.05) is 11.3 Å². The lowest BCUT2D eigenvalue weighted by atomic mass is 10.0. The Balaban J connectivity index is 2.06. The van der Waals surface area contributed by atoms with Crippen molar-refractivity contribution < 1.29 is 24.2 Å². The summed E-state index contributed by atoms with van der Waals surface area (Å²) in [4.78, 5) is 23.3. The maximum atomic E-state index is 12.3. The molecule has 2 aromatic rings. The molecule has 25 heavy (non-hydrogen) atoms. The van der Waals surface area contributed by atoms with Gasteiger partial charge in [0.25, 0.3) is 0 Å². The fourth-order valence-corrected chi connectivity index (χ4v) is 2.40. The highest BCUT2D eigenvalue weighted by Crippen LogP contribution is 2.25. The number of carboxylic acids is 1. The van der Waals surface area contributed by atoms with Crippen LogP contribution in [0, 0.1) is 0 Å². The van der Waals surface area contributed by atoms with Gasteiger partial charge < -0.3 is 19.9 Å². The summed E-state index contributed by atoms with van der Waals surface area (Å²) in [6.07, 6.45) is 0.133. The fraction of sp³-hybridized carbons (Fsp3) is 0.263. The minimum absolute atomic E-state index is 0.133. The van der Waals surface area contributed by atoms with E-state index in [2.05, 4.69) is 5.32 Å². The number of amides is 1. The molecule has 0 aliphatic heterocycles. The lowest BCUT2D eigenvalue weighted by Gasteiger charge is -2.11. The highest BCUT2D eigenvalue weighted by molar-refractivity contribution is 5.92. The summed E-state index contributed by atoms with van der Waals surface area (Å²) < 4.78 is 10.4. The largest absolute Gasteiger partial charge is 0.497 e. The first-order valence-corrected chi connectivity index (χ1v) is 7.78. The molecule has 0 saturated carbocycles. The molecule has 0 spiro atoms. The van der Waals surface area contributed by atoms with Crippen LogP contribution < -0.4 is 14.8 Å². The van der Waals surface area contributed by atoms with E-state index in [-0.39, 0.29) is 12.3 Å². The number of nitrogens with one attached hydrogen (secondary N) is 1. The summed E-state index contributed by atoms with van der Waals surface area (Å²) in [5.41, 5.74) is 2.00. The van der Waals surface area contributed by atoms with Crippen LogP contribution in [0.25, 0.3) is 0 Å². The second kappa shape index (κ2) is 8.19. The van der Waals surface area contributed by atoms with Crippen molar-refractivity contribution in [1.82, 2.24) is 0 Å². The van der Waals surface area contributed by atoms with Crippen LogP contribution in [-0.4, -0.2) is 31.2 Å². The number of anilines is 1. The number of ether oxygens (including phenoxy) is 2. The number of aliphatic carboxylic acids is 1. The molecule has 0 aliphatic rings. The predicted octanol–water partition coefficient (Wildman–Crippen LogP) is 3.07. The molecule has 1 amide bonds. The van der Waals surface area contributed by atoms with Crippen LogP contribution >= 0.6 is 0 Å². The Morgan fingerprint density at radius 2 is 1.76 bits per heavy atom. The second-order valence-corrected chi connectivity index (χ2v) is 5.58. The van der Waals surface area contributed by atoms with Crippen LogP contribution in [0.1, 0.15) is 24.0 Å². The number of benzene rings is 2. The molecule has 1 atom stereocenters. The molecular weight excluding hydrogens is 322 g/mol. The predicted molar refractivity (Wildman–Crippen MR) is 94.4 cm³/mol. The average Bonchev–Trinajstić information content (AvgIpc) is 2.61. The zero-order valence-corrected chi connectivity index (χ0v) is 14.4. The summed E-state index contributed by atoms with van der Waals surface area (Å²) >= 11 is 0. The molecule has 0 radical (unpaired) electrons. The van der Waals surface area contributed by atoms with E-state index in [9.17, 15) is 9.59 Å². The molecule has 6 nitrogen and oxygen atoms in total. The van der Waals surface area contributed by atoms with Crippen molar-refractivity contribution in [2.24, 2.45) is 0 Å². The summed E-state index contributed by atoms with van der Waals surface area (Å²) in [5.74, 6) is -0.421. The van der Waals surface area contributed by atoms with E-state index in [1.54, 1.807) is 63.6 Å². The Morgan fingerprint density at radius 3 is 2.32 bits per heavy atom. The van der Waals surface area contributed by atoms with Gasteiger partial charge in [0.05, 0.1) is 26.6 Å². The molecule has 2 N–H and O–H groups in total. The fourth-order valence-electron chi connectivity index (χ4n) is 2.40. The Morgan fingerprint density at radius 1 is 1.08 bits per heavy atom. The van der Waals surface area contributed by atoms with Gasteiger partial charge in [-0.15, -0.1) is 0 Å². The first kappa shape index (κ1) is 18.3. The number of carboxylic acid groups (broad SMARTS) is 1. The molecule has 2 rings (SSSR count). The van der Waals surface area contributed by atoms with Crippen molar-refractivity contribution in [2.75, 3.05) is 19.5 Å². The van der Waals surface area contributed by atoms with Gasteiger partial charge >= 0.3 is 5.97 Å². The third-order valence-electron chi connectivity index (χ3n) is 3.90. The number of methoxy groups -OCH3 is 2. The molecule has 1 unspecified atom stereocenters. The van der Waals surface area contributed by atoms with Crippen molar-refractivity contribution in [2.45, 2.75) is 19.3 Å². The Hall–Kier alpha value is -3.02. The smallest absolute Gasteiger partial charge is 0.310 e. The average molecular weight is 343 g/mol. The molecule has 0 saturated heterocycles. The maximum absolute atomic E-state index is 12.3. The van der Waals surface area contributed by atoms with Crippen LogP contribution in [0.4, 0.5) is 5.69 Å². The van der Waals surface area contributed by atoms with Crippen LogP contribution in [0.2, 0.25) is 0 Å². The van der Waals surface area contributed by atoms with Gasteiger partial charge in [0.1, 0.15) is 11.5 Å². The van der Waals surface area contributed by atoms with Crippen molar-refractivity contribution in [3.8, 4) is 11.5 Å². The first-order valence-electron chi connectivity index (χ1n) is 7.78. The molecular formula is C19H21NO5. The van der Waals surface area contributed by atoms with Crippen LogP contribution in [0.5, 0.6) is 11.5 Å². The number of hydrogen-bond acceptors (Lipinski definition) is 4. The number of rotatable bonds is 7. The van der Waals surface area contributed by atoms with E-state index in [1.807, 2.05) is 0 Å². The van der Waals surface area contributed by atoms with Gasteiger partial charge in [-0.1, -0.05) is 12.1 Å². The van der Waals surface area contributed by atoms with Crippen LogP contribution in [0.3, 0.4) is 0 Å². The molecule has 0 aromatic heterocycles. The molecule has 0 heterocycles. The zero-order valence-electron chi connectivity index (χ0n) is 14.4. The summed E-state index contributed by atoms with van der Waals surface area (Å²) in [5, 5.41) is 11.8. The third-order valence-corrected chi connectivity index (χ3v) is 3.90. The van der Waals surface area contributed by atoms with Gasteiger partial charge in [0.15, 0.2) is 0 Å². The number of hydrogen-bond donors (Lipinski definition) is 2. The van der Waals surface area contributed by atoms with Gasteiger partial charge in [-0.05, 0) is 42.8 Å². The molecule has 0 fully saturated rings. The van der Waals surface area contributed by atoms with Crippen LogP contribution in [0.15, 0.2) is 42.5 Å². The van der Waals surface area contributed by atoms with E-state index < -0.39 is 11.9 Å². The molecule has 6 heteroatoms. The highest BCUT2D eigenvalue weighted by Gasteiger charge is 2.14. The summed E-state index contributed by atoms with van der Waals surface area (Å²) in [6, 6.07) is 12.0. The normalized spacial score (nSPS) is 11.5. The summed E-state index contributed by atoms with van der Waals surface area (Å²) in [6.45, 7) is 1.62. The van der Waals surface area contributed by atoms with Gasteiger partial charge in [0.2, 0.25) is 5.91 Å². The maximum Gasteiger partial charge on any atom is 0.310 e. The van der Waals surface area contributed by atoms with Gasteiger partial charge in [-0.3, -0.25) is 9.59 Å². The molecule has 0 bridgehead atoms. The first-order chi connectivity index (χ1) is 11.9. The Bertz CT molecular complexity index is 755. The number of carbonyl (C=O) groups excluding carboxylic acids is 1. The lowest BCUT2D eigenvalue weighted by Crippen LogP contribution is -2.15. The van der Waals surface area contributed by atoms with Gasteiger partial charge in [-0.25, -0.2) is 0 Å².